The average molecular weight is 330 g/mol. The fraction of sp³-hybridized carbons (Fsp3) is 0.562. The Morgan fingerprint density at radius 2 is 2.00 bits per heavy atom. The molecule has 1 unspecified atom stereocenters. The van der Waals surface area contributed by atoms with E-state index in [1.807, 2.05) is 20.8 Å². The van der Waals surface area contributed by atoms with E-state index in [0.29, 0.717) is 5.56 Å². The second-order valence-corrected chi connectivity index (χ2v) is 6.04. The van der Waals surface area contributed by atoms with Gasteiger partial charge in [0.05, 0.1) is 5.60 Å². The molecule has 0 saturated heterocycles. The van der Waals surface area contributed by atoms with E-state index in [0.717, 1.165) is 5.56 Å². The van der Waals surface area contributed by atoms with Crippen molar-refractivity contribution in [3.05, 3.63) is 29.3 Å². The summed E-state index contributed by atoms with van der Waals surface area (Å²) in [6, 6.07) is 4.28. The lowest BCUT2D eigenvalue weighted by Crippen LogP contribution is -2.47. The Labute approximate surface area is 135 Å². The van der Waals surface area contributed by atoms with Gasteiger partial charge in [-0.2, -0.15) is 8.78 Å². The third-order valence-corrected chi connectivity index (χ3v) is 3.72. The van der Waals surface area contributed by atoms with E-state index >= 15 is 0 Å². The molecule has 5 nitrogen and oxygen atoms in total. The number of carbonyl (C=O) groups is 1. The van der Waals surface area contributed by atoms with E-state index in [1.54, 1.807) is 19.1 Å². The Morgan fingerprint density at radius 3 is 2.57 bits per heavy atom. The molecule has 0 aromatic heterocycles. The molecule has 0 aliphatic carbocycles. The van der Waals surface area contributed by atoms with Crippen LogP contribution in [0.25, 0.3) is 0 Å². The number of aliphatic hydroxyl groups is 1. The number of aryl methyl sites for hydroxylation is 1. The number of ether oxygens (including phenoxy) is 1. The highest BCUT2D eigenvalue weighted by Gasteiger charge is 2.25. The third kappa shape index (κ3) is 6.40. The minimum Gasteiger partial charge on any atom is -0.434 e. The van der Waals surface area contributed by atoms with Crippen LogP contribution in [-0.2, 0) is 6.54 Å². The first-order valence-electron chi connectivity index (χ1n) is 7.40. The molecule has 0 fully saturated rings. The van der Waals surface area contributed by atoms with Gasteiger partial charge in [-0.25, -0.2) is 4.79 Å². The number of hydrogen-bond acceptors (Lipinski definition) is 3. The SMILES string of the molecule is Cc1ccc(OC(F)F)c(CNC(=O)NCC(C)(O)C(C)C)c1. The largest absolute Gasteiger partial charge is 0.434 e. The molecule has 0 aliphatic heterocycles. The molecule has 7 heteroatoms. The zero-order chi connectivity index (χ0) is 17.6. The summed E-state index contributed by atoms with van der Waals surface area (Å²) in [4.78, 5) is 11.8. The van der Waals surface area contributed by atoms with Crippen LogP contribution >= 0.6 is 0 Å². The molecular formula is C16H24F2N2O3. The number of amides is 2. The monoisotopic (exact) mass is 330 g/mol. The predicted octanol–water partition coefficient (Wildman–Crippen LogP) is 2.80. The molecule has 0 spiro atoms. The van der Waals surface area contributed by atoms with Crippen molar-refractivity contribution in [2.75, 3.05) is 6.54 Å². The lowest BCUT2D eigenvalue weighted by atomic mass is 9.93. The maximum atomic E-state index is 12.4. The minimum atomic E-state index is -2.92. The van der Waals surface area contributed by atoms with Crippen LogP contribution in [0, 0.1) is 12.8 Å². The summed E-state index contributed by atoms with van der Waals surface area (Å²) >= 11 is 0. The molecule has 0 aliphatic rings. The fourth-order valence-electron chi connectivity index (χ4n) is 1.76. The Kier molecular flexibility index (Phi) is 6.75. The highest BCUT2D eigenvalue weighted by atomic mass is 19.3. The predicted molar refractivity (Wildman–Crippen MR) is 83.5 cm³/mol. The zero-order valence-corrected chi connectivity index (χ0v) is 13.8. The van der Waals surface area contributed by atoms with E-state index in [1.165, 1.54) is 6.07 Å². The van der Waals surface area contributed by atoms with E-state index in [4.69, 9.17) is 0 Å². The topological polar surface area (TPSA) is 70.6 Å². The first-order valence-corrected chi connectivity index (χ1v) is 7.40. The lowest BCUT2D eigenvalue weighted by molar-refractivity contribution is -0.0504. The molecule has 2 amide bonds. The molecule has 130 valence electrons. The van der Waals surface area contributed by atoms with Crippen LogP contribution in [0.4, 0.5) is 13.6 Å². The van der Waals surface area contributed by atoms with Crippen molar-refractivity contribution in [1.29, 1.82) is 0 Å². The average Bonchev–Trinajstić information content (AvgIpc) is 2.44. The van der Waals surface area contributed by atoms with Crippen LogP contribution < -0.4 is 15.4 Å². The first-order chi connectivity index (χ1) is 10.6. The number of benzene rings is 1. The Morgan fingerprint density at radius 1 is 1.35 bits per heavy atom. The Hall–Kier alpha value is -1.89. The highest BCUT2D eigenvalue weighted by molar-refractivity contribution is 5.74. The maximum Gasteiger partial charge on any atom is 0.387 e. The Bertz CT molecular complexity index is 534. The molecule has 0 radical (unpaired) electrons. The summed E-state index contributed by atoms with van der Waals surface area (Å²) in [6.07, 6.45) is 0. The van der Waals surface area contributed by atoms with Crippen molar-refractivity contribution in [3.63, 3.8) is 0 Å². The van der Waals surface area contributed by atoms with Crippen LogP contribution in [0.3, 0.4) is 0 Å². The first kappa shape index (κ1) is 19.2. The van der Waals surface area contributed by atoms with Gasteiger partial charge in [-0.3, -0.25) is 0 Å². The summed E-state index contributed by atoms with van der Waals surface area (Å²) < 4.78 is 29.2. The van der Waals surface area contributed by atoms with Crippen LogP contribution in [0.1, 0.15) is 31.9 Å². The third-order valence-electron chi connectivity index (χ3n) is 3.72. The van der Waals surface area contributed by atoms with Gasteiger partial charge in [-0.05, 0) is 25.8 Å². The van der Waals surface area contributed by atoms with Gasteiger partial charge < -0.3 is 20.5 Å². The van der Waals surface area contributed by atoms with Gasteiger partial charge in [0.2, 0.25) is 0 Å². The van der Waals surface area contributed by atoms with Crippen LogP contribution in [0.5, 0.6) is 5.75 Å². The second kappa shape index (κ2) is 8.10. The standard InChI is InChI=1S/C16H24F2N2O3/c1-10(2)16(4,22)9-20-15(21)19-8-12-7-11(3)5-6-13(12)23-14(17)18/h5-7,10,14,22H,8-9H2,1-4H3,(H2,19,20,21). The number of hydrogen-bond donors (Lipinski definition) is 3. The van der Waals surface area contributed by atoms with E-state index in [2.05, 4.69) is 15.4 Å². The van der Waals surface area contributed by atoms with Gasteiger partial charge in [-0.15, -0.1) is 0 Å². The smallest absolute Gasteiger partial charge is 0.387 e. The molecule has 1 aromatic rings. The van der Waals surface area contributed by atoms with Crippen molar-refractivity contribution in [3.8, 4) is 5.75 Å². The lowest BCUT2D eigenvalue weighted by Gasteiger charge is -2.27. The molecule has 23 heavy (non-hydrogen) atoms. The van der Waals surface area contributed by atoms with Gasteiger partial charge >= 0.3 is 12.6 Å². The number of rotatable bonds is 7. The number of carbonyl (C=O) groups excluding carboxylic acids is 1. The summed E-state index contributed by atoms with van der Waals surface area (Å²) in [5.41, 5.74) is 0.299. The zero-order valence-electron chi connectivity index (χ0n) is 13.8. The number of alkyl halides is 2. The van der Waals surface area contributed by atoms with Crippen molar-refractivity contribution in [2.24, 2.45) is 5.92 Å². The van der Waals surface area contributed by atoms with Gasteiger partial charge in [-0.1, -0.05) is 31.5 Å². The number of nitrogens with one attached hydrogen (secondary N) is 2. The summed E-state index contributed by atoms with van der Waals surface area (Å²) in [6.45, 7) is 4.35. The van der Waals surface area contributed by atoms with Gasteiger partial charge in [0.15, 0.2) is 0 Å². The maximum absolute atomic E-state index is 12.4. The molecule has 0 bridgehead atoms. The normalized spacial score (nSPS) is 13.8. The van der Waals surface area contributed by atoms with E-state index in [9.17, 15) is 18.7 Å². The van der Waals surface area contributed by atoms with Crippen LogP contribution in [-0.4, -0.2) is 29.9 Å². The number of urea groups is 1. The van der Waals surface area contributed by atoms with Crippen molar-refractivity contribution in [2.45, 2.75) is 46.5 Å². The summed E-state index contributed by atoms with van der Waals surface area (Å²) in [5, 5.41) is 15.2. The fourth-order valence-corrected chi connectivity index (χ4v) is 1.76. The molecule has 3 N–H and O–H groups in total. The number of halogens is 2. The minimum absolute atomic E-state index is 0.0226. The van der Waals surface area contributed by atoms with Crippen molar-refractivity contribution < 1.29 is 23.4 Å². The molecule has 1 aromatic carbocycles. The molecule has 1 rings (SSSR count). The molecular weight excluding hydrogens is 306 g/mol. The summed E-state index contributed by atoms with van der Waals surface area (Å²) in [7, 11) is 0. The summed E-state index contributed by atoms with van der Waals surface area (Å²) in [5.74, 6) is 0.00527. The van der Waals surface area contributed by atoms with Crippen LogP contribution in [0.2, 0.25) is 0 Å². The molecule has 0 heterocycles. The van der Waals surface area contributed by atoms with Crippen molar-refractivity contribution in [1.82, 2.24) is 10.6 Å². The quantitative estimate of drug-likeness (QED) is 0.720. The second-order valence-electron chi connectivity index (χ2n) is 6.04. The van der Waals surface area contributed by atoms with Gasteiger partial charge in [0, 0.05) is 18.7 Å². The molecule has 1 atom stereocenters. The highest BCUT2D eigenvalue weighted by Crippen LogP contribution is 2.22. The van der Waals surface area contributed by atoms with Gasteiger partial charge in [0.25, 0.3) is 0 Å². The Balaban J connectivity index is 2.60. The van der Waals surface area contributed by atoms with E-state index in [-0.39, 0.29) is 24.8 Å². The van der Waals surface area contributed by atoms with Gasteiger partial charge in [0.1, 0.15) is 5.75 Å². The van der Waals surface area contributed by atoms with Crippen LogP contribution in [0.15, 0.2) is 18.2 Å². The molecule has 0 saturated carbocycles. The van der Waals surface area contributed by atoms with Crippen molar-refractivity contribution >= 4 is 6.03 Å². The van der Waals surface area contributed by atoms with E-state index < -0.39 is 18.2 Å².